The molecule has 3 amide bonds. The van der Waals surface area contributed by atoms with Gasteiger partial charge in [0.1, 0.15) is 11.6 Å². The van der Waals surface area contributed by atoms with E-state index in [9.17, 15) is 22.8 Å². The quantitative estimate of drug-likeness (QED) is 0.624. The minimum atomic E-state index is -3.69. The monoisotopic (exact) mass is 447 g/mol. The maximum Gasteiger partial charge on any atom is 0.408 e. The summed E-state index contributed by atoms with van der Waals surface area (Å²) in [5, 5.41) is 5.23. The largest absolute Gasteiger partial charge is 0.444 e. The van der Waals surface area contributed by atoms with Gasteiger partial charge in [-0.3, -0.25) is 9.59 Å². The lowest BCUT2D eigenvalue weighted by molar-refractivity contribution is -0.118. The highest BCUT2D eigenvalue weighted by Crippen LogP contribution is 2.18. The van der Waals surface area contributed by atoms with Crippen LogP contribution in [0.3, 0.4) is 0 Å². The Bertz CT molecular complexity index is 1040. The highest BCUT2D eigenvalue weighted by atomic mass is 32.2. The number of anilines is 1. The summed E-state index contributed by atoms with van der Waals surface area (Å²) in [5.74, 6) is -1.31. The van der Waals surface area contributed by atoms with Crippen LogP contribution in [-0.2, 0) is 19.6 Å². The minimum Gasteiger partial charge on any atom is -0.444 e. The van der Waals surface area contributed by atoms with Crippen LogP contribution >= 0.6 is 0 Å². The van der Waals surface area contributed by atoms with Crippen LogP contribution in [0.15, 0.2) is 54.6 Å². The molecular formula is C21H25N3O6S. The number of ether oxygens (including phenoxy) is 1. The van der Waals surface area contributed by atoms with E-state index in [1.165, 1.54) is 24.3 Å². The van der Waals surface area contributed by atoms with E-state index in [1.54, 1.807) is 51.1 Å². The smallest absolute Gasteiger partial charge is 0.408 e. The molecule has 1 atom stereocenters. The summed E-state index contributed by atoms with van der Waals surface area (Å²) in [4.78, 5) is 37.0. The van der Waals surface area contributed by atoms with E-state index in [4.69, 9.17) is 4.74 Å². The van der Waals surface area contributed by atoms with Gasteiger partial charge >= 0.3 is 6.09 Å². The first-order valence-corrected chi connectivity index (χ1v) is 11.2. The summed E-state index contributed by atoms with van der Waals surface area (Å²) in [5.41, 5.74) is 0.280. The Morgan fingerprint density at radius 3 is 2.03 bits per heavy atom. The molecule has 0 saturated carbocycles. The van der Waals surface area contributed by atoms with Crippen LogP contribution in [0, 0.1) is 0 Å². The highest BCUT2D eigenvalue weighted by Gasteiger charge is 2.26. The molecule has 0 fully saturated rings. The van der Waals surface area contributed by atoms with Crippen molar-refractivity contribution in [3.05, 3.63) is 65.7 Å². The topological polar surface area (TPSA) is 131 Å². The van der Waals surface area contributed by atoms with Crippen LogP contribution < -0.4 is 15.4 Å². The second-order valence-corrected chi connectivity index (χ2v) is 9.51. The van der Waals surface area contributed by atoms with Gasteiger partial charge in [0.25, 0.3) is 11.8 Å². The van der Waals surface area contributed by atoms with Crippen LogP contribution in [0.4, 0.5) is 10.5 Å². The van der Waals surface area contributed by atoms with E-state index in [1.807, 2.05) is 4.72 Å². The lowest BCUT2D eigenvalue weighted by Crippen LogP contribution is -2.40. The van der Waals surface area contributed by atoms with Crippen LogP contribution in [0.1, 0.15) is 42.7 Å². The molecule has 166 valence electrons. The fourth-order valence-corrected chi connectivity index (χ4v) is 2.97. The summed E-state index contributed by atoms with van der Waals surface area (Å²) in [6, 6.07) is 13.3. The number of nitrogens with one attached hydrogen (secondary N) is 3. The van der Waals surface area contributed by atoms with E-state index in [0.717, 1.165) is 6.26 Å². The summed E-state index contributed by atoms with van der Waals surface area (Å²) >= 11 is 0. The predicted molar refractivity (Wildman–Crippen MR) is 116 cm³/mol. The Balaban J connectivity index is 2.16. The van der Waals surface area contributed by atoms with Crippen molar-refractivity contribution in [2.75, 3.05) is 11.6 Å². The fourth-order valence-electron chi connectivity index (χ4n) is 2.52. The zero-order chi connectivity index (χ0) is 23.2. The van der Waals surface area contributed by atoms with Crippen molar-refractivity contribution in [2.24, 2.45) is 0 Å². The molecule has 0 aliphatic heterocycles. The van der Waals surface area contributed by atoms with Gasteiger partial charge in [-0.05, 0) is 50.6 Å². The number of alkyl carbamates (subject to hydrolysis) is 1. The molecule has 0 unspecified atom stereocenters. The summed E-state index contributed by atoms with van der Waals surface area (Å²) in [6.07, 6.45) is 0.130. The van der Waals surface area contributed by atoms with Gasteiger partial charge in [-0.1, -0.05) is 30.3 Å². The highest BCUT2D eigenvalue weighted by molar-refractivity contribution is 7.89. The molecule has 31 heavy (non-hydrogen) atoms. The molecule has 0 radical (unpaired) electrons. The van der Waals surface area contributed by atoms with Gasteiger partial charge in [-0.15, -0.1) is 0 Å². The van der Waals surface area contributed by atoms with Gasteiger partial charge in [-0.2, -0.15) is 0 Å². The van der Waals surface area contributed by atoms with Gasteiger partial charge in [-0.25, -0.2) is 17.9 Å². The molecule has 2 aromatic rings. The molecule has 9 nitrogen and oxygen atoms in total. The lowest BCUT2D eigenvalue weighted by Gasteiger charge is -2.23. The Hall–Kier alpha value is -3.40. The predicted octanol–water partition coefficient (Wildman–Crippen LogP) is 2.58. The number of carbonyl (C=O) groups is 3. The standard InChI is InChI=1S/C21H25N3O6S/c1-21(2,3)30-20(27)23-17(14-8-6-5-7-9-14)19(26)22-16-12-10-15(11-13-16)18(25)24-31(4,28)29/h5-13,17H,1-4H3,(H,22,26)(H,23,27)(H,24,25)/t17-/m0/s1. The third-order valence-electron chi connectivity index (χ3n) is 3.75. The number of hydrogen-bond donors (Lipinski definition) is 3. The Kier molecular flexibility index (Phi) is 7.40. The van der Waals surface area contributed by atoms with Crippen LogP contribution in [0.5, 0.6) is 0 Å². The maximum absolute atomic E-state index is 12.9. The molecule has 3 N–H and O–H groups in total. The van der Waals surface area contributed by atoms with Crippen LogP contribution in [0.2, 0.25) is 0 Å². The van der Waals surface area contributed by atoms with Crippen molar-refractivity contribution in [3.8, 4) is 0 Å². The zero-order valence-corrected chi connectivity index (χ0v) is 18.4. The van der Waals surface area contributed by atoms with E-state index < -0.39 is 39.6 Å². The van der Waals surface area contributed by atoms with Crippen molar-refractivity contribution in [1.82, 2.24) is 10.0 Å². The number of sulfonamides is 1. The van der Waals surface area contributed by atoms with Crippen molar-refractivity contribution >= 4 is 33.6 Å². The molecule has 2 rings (SSSR count). The minimum absolute atomic E-state index is 0.106. The average Bonchev–Trinajstić information content (AvgIpc) is 2.64. The molecule has 0 aliphatic rings. The number of hydrogen-bond acceptors (Lipinski definition) is 6. The van der Waals surface area contributed by atoms with Crippen molar-refractivity contribution in [3.63, 3.8) is 0 Å². The third-order valence-corrected chi connectivity index (χ3v) is 4.31. The molecule has 0 aliphatic carbocycles. The molecule has 0 saturated heterocycles. The SMILES string of the molecule is CC(C)(C)OC(=O)N[C@H](C(=O)Nc1ccc(C(=O)NS(C)(=O)=O)cc1)c1ccccc1. The Labute approximate surface area is 181 Å². The summed E-state index contributed by atoms with van der Waals surface area (Å²) < 4.78 is 29.5. The summed E-state index contributed by atoms with van der Waals surface area (Å²) in [7, 11) is -3.69. The first-order chi connectivity index (χ1) is 14.3. The molecule has 2 aromatic carbocycles. The number of amides is 3. The van der Waals surface area contributed by atoms with Crippen molar-refractivity contribution in [1.29, 1.82) is 0 Å². The Morgan fingerprint density at radius 1 is 0.935 bits per heavy atom. The molecular weight excluding hydrogens is 422 g/mol. The molecule has 0 spiro atoms. The van der Waals surface area contributed by atoms with E-state index in [0.29, 0.717) is 11.3 Å². The number of benzene rings is 2. The van der Waals surface area contributed by atoms with Gasteiger partial charge in [0.15, 0.2) is 0 Å². The molecule has 0 bridgehead atoms. The molecule has 10 heteroatoms. The molecule has 0 heterocycles. The normalized spacial score (nSPS) is 12.4. The average molecular weight is 448 g/mol. The van der Waals surface area contributed by atoms with E-state index >= 15 is 0 Å². The van der Waals surface area contributed by atoms with Crippen LogP contribution in [-0.4, -0.2) is 38.2 Å². The zero-order valence-electron chi connectivity index (χ0n) is 17.6. The lowest BCUT2D eigenvalue weighted by atomic mass is 10.1. The van der Waals surface area contributed by atoms with E-state index in [2.05, 4.69) is 10.6 Å². The first-order valence-electron chi connectivity index (χ1n) is 9.31. The number of carbonyl (C=O) groups excluding carboxylic acids is 3. The second-order valence-electron chi connectivity index (χ2n) is 7.76. The molecule has 0 aromatic heterocycles. The Morgan fingerprint density at radius 2 is 1.52 bits per heavy atom. The summed E-state index contributed by atoms with van der Waals surface area (Å²) in [6.45, 7) is 5.14. The second kappa shape index (κ2) is 9.61. The van der Waals surface area contributed by atoms with Gasteiger partial charge < -0.3 is 15.4 Å². The van der Waals surface area contributed by atoms with Crippen LogP contribution in [0.25, 0.3) is 0 Å². The van der Waals surface area contributed by atoms with Crippen molar-refractivity contribution in [2.45, 2.75) is 32.4 Å². The first kappa shape index (κ1) is 23.9. The maximum atomic E-state index is 12.9. The number of rotatable bonds is 6. The van der Waals surface area contributed by atoms with Crippen molar-refractivity contribution < 1.29 is 27.5 Å². The van der Waals surface area contributed by atoms with E-state index in [-0.39, 0.29) is 5.56 Å². The fraction of sp³-hybridized carbons (Fsp3) is 0.286. The van der Waals surface area contributed by atoms with Gasteiger partial charge in [0.2, 0.25) is 10.0 Å². The third kappa shape index (κ3) is 8.09. The van der Waals surface area contributed by atoms with Gasteiger partial charge in [0, 0.05) is 11.3 Å². The van der Waals surface area contributed by atoms with Gasteiger partial charge in [0.05, 0.1) is 6.26 Å².